The van der Waals surface area contributed by atoms with Crippen molar-refractivity contribution in [3.63, 3.8) is 0 Å². The monoisotopic (exact) mass is 572 g/mol. The number of Topliss-reactive ketones (excluding diaryl/α,β-unsaturated/α-hetero) is 1. The molecule has 2 aliphatic heterocycles. The van der Waals surface area contributed by atoms with Crippen LogP contribution in [0.25, 0.3) is 5.69 Å². The molecule has 1 saturated heterocycles. The molecular weight excluding hydrogens is 535 g/mol. The molecule has 220 valence electrons. The summed E-state index contributed by atoms with van der Waals surface area (Å²) < 4.78 is 28.3. The molecule has 8 nitrogen and oxygen atoms in total. The molecule has 0 bridgehead atoms. The molecule has 2 aliphatic carbocycles. The highest BCUT2D eigenvalue weighted by molar-refractivity contribution is 5.95. The molecule has 2 aromatic carbocycles. The lowest BCUT2D eigenvalue weighted by Crippen LogP contribution is -2.64. The van der Waals surface area contributed by atoms with Crippen molar-refractivity contribution < 1.29 is 23.5 Å². The summed E-state index contributed by atoms with van der Waals surface area (Å²) in [6.07, 6.45) is 7.15. The van der Waals surface area contributed by atoms with E-state index in [0.717, 1.165) is 59.9 Å². The van der Waals surface area contributed by atoms with Gasteiger partial charge < -0.3 is 23.8 Å². The number of hydrogen-bond acceptors (Lipinski definition) is 7. The first-order valence-corrected chi connectivity index (χ1v) is 14.8. The van der Waals surface area contributed by atoms with E-state index in [4.69, 9.17) is 19.5 Å². The first-order valence-electron chi connectivity index (χ1n) is 14.8. The Bertz CT molecular complexity index is 1560. The molecule has 4 unspecified atom stereocenters. The average molecular weight is 573 g/mol. The molecule has 3 aromatic rings. The zero-order chi connectivity index (χ0) is 29.3. The molecule has 2 saturated carbocycles. The number of rotatable bonds is 6. The highest BCUT2D eigenvalue weighted by Gasteiger charge is 2.68. The molecule has 3 fully saturated rings. The molecule has 9 heteroatoms. The molecule has 0 N–H and O–H groups in total. The fourth-order valence-corrected chi connectivity index (χ4v) is 7.70. The quantitative estimate of drug-likeness (QED) is 0.368. The number of carbonyl (C=O) groups excluding carboxylic acids is 1. The Morgan fingerprint density at radius 1 is 1.14 bits per heavy atom. The Morgan fingerprint density at radius 2 is 1.93 bits per heavy atom. The van der Waals surface area contributed by atoms with Crippen molar-refractivity contribution in [1.82, 2.24) is 14.5 Å². The van der Waals surface area contributed by atoms with Crippen molar-refractivity contribution in [3.05, 3.63) is 77.6 Å². The van der Waals surface area contributed by atoms with Gasteiger partial charge in [0.05, 0.1) is 35.8 Å². The molecule has 0 amide bonds. The number of carbonyl (C=O) groups is 1. The highest BCUT2D eigenvalue weighted by atomic mass is 19.1. The van der Waals surface area contributed by atoms with Crippen molar-refractivity contribution >= 4 is 11.6 Å². The van der Waals surface area contributed by atoms with Crippen LogP contribution in [0.3, 0.4) is 0 Å². The molecule has 3 heterocycles. The van der Waals surface area contributed by atoms with Gasteiger partial charge in [0, 0.05) is 51.1 Å². The number of oxime groups is 1. The summed E-state index contributed by atoms with van der Waals surface area (Å²) in [4.78, 5) is 26.3. The number of aromatic nitrogens is 2. The van der Waals surface area contributed by atoms with E-state index in [9.17, 15) is 9.18 Å². The van der Waals surface area contributed by atoms with Crippen LogP contribution in [0.2, 0.25) is 0 Å². The van der Waals surface area contributed by atoms with E-state index in [2.05, 4.69) is 28.1 Å². The molecule has 1 aromatic heterocycles. The molecule has 0 radical (unpaired) electrons. The van der Waals surface area contributed by atoms with Gasteiger partial charge in [0.25, 0.3) is 0 Å². The number of fused-ring (bicyclic) bond motifs is 2. The number of methoxy groups -OCH3 is 1. The standard InChI is InChI=1S/C33H37FN4O4/c1-5-41-28-14-22(6-11-27(28)37-17-21(2)35-20-37)26-15-25(39)16-29(40-4)33(26)18-32(12-13-32)19-38-30(33)36-42-31(38,3)23-7-9-24(34)10-8-23/h6-11,14,17,20,26,29H,5,12-13,15-16,18-19H2,1-4H3. The zero-order valence-corrected chi connectivity index (χ0v) is 24.6. The summed E-state index contributed by atoms with van der Waals surface area (Å²) in [6.45, 7) is 7.24. The van der Waals surface area contributed by atoms with Gasteiger partial charge in [-0.15, -0.1) is 0 Å². The highest BCUT2D eigenvalue weighted by Crippen LogP contribution is 2.66. The average Bonchev–Trinajstić information content (AvgIpc) is 3.42. The molecule has 2 spiro atoms. The third-order valence-corrected chi connectivity index (χ3v) is 10.00. The Labute approximate surface area is 245 Å². The van der Waals surface area contributed by atoms with Gasteiger partial charge in [0.2, 0.25) is 5.72 Å². The van der Waals surface area contributed by atoms with E-state index in [1.165, 1.54) is 12.1 Å². The van der Waals surface area contributed by atoms with Gasteiger partial charge in [-0.3, -0.25) is 4.79 Å². The van der Waals surface area contributed by atoms with E-state index >= 15 is 0 Å². The van der Waals surface area contributed by atoms with Crippen LogP contribution in [-0.2, 0) is 20.1 Å². The summed E-state index contributed by atoms with van der Waals surface area (Å²) >= 11 is 0. The number of piperidine rings is 1. The first-order chi connectivity index (χ1) is 20.2. The van der Waals surface area contributed by atoms with Crippen LogP contribution in [0.5, 0.6) is 5.75 Å². The summed E-state index contributed by atoms with van der Waals surface area (Å²) in [5.74, 6) is 1.25. The Hall–Kier alpha value is -3.72. The van der Waals surface area contributed by atoms with Gasteiger partial charge in [0.1, 0.15) is 17.3 Å². The normalized spacial score (nSPS) is 29.4. The molecule has 4 aliphatic rings. The van der Waals surface area contributed by atoms with E-state index in [1.807, 2.05) is 31.5 Å². The Kier molecular flexibility index (Phi) is 6.24. The number of imidazole rings is 1. The maximum Gasteiger partial charge on any atom is 0.234 e. The largest absolute Gasteiger partial charge is 0.492 e. The molecule has 7 rings (SSSR count). The van der Waals surface area contributed by atoms with Crippen molar-refractivity contribution in [3.8, 4) is 11.4 Å². The number of ether oxygens (including phenoxy) is 2. The maximum absolute atomic E-state index is 13.9. The number of amidine groups is 1. The Balaban J connectivity index is 1.37. The minimum absolute atomic E-state index is 0.0699. The smallest absolute Gasteiger partial charge is 0.234 e. The lowest BCUT2D eigenvalue weighted by atomic mass is 9.55. The minimum atomic E-state index is -0.893. The van der Waals surface area contributed by atoms with Crippen LogP contribution >= 0.6 is 0 Å². The van der Waals surface area contributed by atoms with Crippen LogP contribution in [0, 0.1) is 23.6 Å². The van der Waals surface area contributed by atoms with Gasteiger partial charge in [0.15, 0.2) is 5.84 Å². The summed E-state index contributed by atoms with van der Waals surface area (Å²) in [6, 6.07) is 12.7. The van der Waals surface area contributed by atoms with Gasteiger partial charge in [-0.2, -0.15) is 0 Å². The number of nitrogens with zero attached hydrogens (tertiary/aromatic N) is 4. The number of ketones is 1. The fourth-order valence-electron chi connectivity index (χ4n) is 7.70. The minimum Gasteiger partial charge on any atom is -0.492 e. The SMILES string of the molecule is CCOc1cc(C2CC(=O)CC(OC)C23CC2(CC2)CN2C3=NOC2(C)c2ccc(F)cc2)ccc1-n1cnc(C)c1. The number of hydrogen-bond donors (Lipinski definition) is 0. The maximum atomic E-state index is 13.9. The fraction of sp³-hybridized carbons (Fsp3) is 0.485. The molecular formula is C33H37FN4O4. The third kappa shape index (κ3) is 4.07. The lowest BCUT2D eigenvalue weighted by molar-refractivity contribution is -0.135. The predicted octanol–water partition coefficient (Wildman–Crippen LogP) is 5.87. The number of benzene rings is 2. The summed E-state index contributed by atoms with van der Waals surface area (Å²) in [7, 11) is 1.70. The van der Waals surface area contributed by atoms with Gasteiger partial charge in [-0.1, -0.05) is 23.4 Å². The van der Waals surface area contributed by atoms with E-state index < -0.39 is 11.1 Å². The van der Waals surface area contributed by atoms with Crippen molar-refractivity contribution in [2.75, 3.05) is 20.3 Å². The zero-order valence-electron chi connectivity index (χ0n) is 24.6. The van der Waals surface area contributed by atoms with Crippen LogP contribution in [0.4, 0.5) is 4.39 Å². The third-order valence-electron chi connectivity index (χ3n) is 10.00. The lowest BCUT2D eigenvalue weighted by Gasteiger charge is -2.56. The van der Waals surface area contributed by atoms with E-state index in [-0.39, 0.29) is 29.0 Å². The van der Waals surface area contributed by atoms with E-state index in [0.29, 0.717) is 19.4 Å². The van der Waals surface area contributed by atoms with Crippen LogP contribution in [0.1, 0.15) is 68.7 Å². The second-order valence-corrected chi connectivity index (χ2v) is 12.6. The second kappa shape index (κ2) is 9.66. The van der Waals surface area contributed by atoms with Gasteiger partial charge >= 0.3 is 0 Å². The molecule has 42 heavy (non-hydrogen) atoms. The number of aryl methyl sites for hydroxylation is 1. The van der Waals surface area contributed by atoms with Gasteiger partial charge in [-0.25, -0.2) is 9.37 Å². The molecule has 4 atom stereocenters. The number of halogens is 1. The summed E-state index contributed by atoms with van der Waals surface area (Å²) in [5.41, 5.74) is 2.26. The van der Waals surface area contributed by atoms with Crippen LogP contribution in [0.15, 0.2) is 60.1 Å². The second-order valence-electron chi connectivity index (χ2n) is 12.6. The van der Waals surface area contributed by atoms with Crippen LogP contribution in [-0.4, -0.2) is 52.4 Å². The first kappa shape index (κ1) is 27.1. The van der Waals surface area contributed by atoms with Crippen molar-refractivity contribution in [2.24, 2.45) is 16.0 Å². The topological polar surface area (TPSA) is 78.2 Å². The Morgan fingerprint density at radius 3 is 2.60 bits per heavy atom. The van der Waals surface area contributed by atoms with Crippen LogP contribution < -0.4 is 4.74 Å². The predicted molar refractivity (Wildman–Crippen MR) is 155 cm³/mol. The van der Waals surface area contributed by atoms with Crippen molar-refractivity contribution in [2.45, 2.75) is 70.6 Å². The van der Waals surface area contributed by atoms with Gasteiger partial charge in [-0.05, 0) is 68.4 Å². The summed E-state index contributed by atoms with van der Waals surface area (Å²) in [5, 5.41) is 4.82. The van der Waals surface area contributed by atoms with E-state index in [1.54, 1.807) is 25.6 Å². The van der Waals surface area contributed by atoms with Crippen molar-refractivity contribution in [1.29, 1.82) is 0 Å².